The number of hydrogen-bond acceptors (Lipinski definition) is 4. The maximum Gasteiger partial charge on any atom is 0.456 e. The second-order valence-electron chi connectivity index (χ2n) is 4.63. The summed E-state index contributed by atoms with van der Waals surface area (Å²) < 4.78 is 69.2. The number of ether oxygens (including phenoxy) is 2. The molecule has 5 nitrogen and oxygen atoms in total. The van der Waals surface area contributed by atoms with Gasteiger partial charge in [-0.3, -0.25) is 0 Å². The van der Waals surface area contributed by atoms with Crippen LogP contribution in [0.5, 0.6) is 0 Å². The minimum atomic E-state index is -5.82. The molecule has 1 atom stereocenters. The molecule has 10 heteroatoms. The molecule has 1 N–H and O–H groups in total. The molecule has 0 saturated heterocycles. The largest absolute Gasteiger partial charge is 0.457 e. The molecular formula is C11H16F5NO4. The highest BCUT2D eigenvalue weighted by Gasteiger charge is 2.58. The lowest BCUT2D eigenvalue weighted by atomic mass is 10.0. The zero-order valence-electron chi connectivity index (χ0n) is 11.6. The molecule has 0 aromatic heterocycles. The molecule has 0 aliphatic heterocycles. The number of carbonyl (C=O) groups excluding carboxylic acids is 2. The third kappa shape index (κ3) is 6.58. The topological polar surface area (TPSA) is 64.6 Å². The van der Waals surface area contributed by atoms with Gasteiger partial charge in [-0.25, -0.2) is 9.59 Å². The van der Waals surface area contributed by atoms with Crippen LogP contribution in [0.15, 0.2) is 0 Å². The van der Waals surface area contributed by atoms with Gasteiger partial charge in [-0.1, -0.05) is 13.8 Å². The molecule has 0 unspecified atom stereocenters. The van der Waals surface area contributed by atoms with Crippen LogP contribution in [-0.2, 0) is 14.3 Å². The van der Waals surface area contributed by atoms with Gasteiger partial charge in [0.2, 0.25) is 0 Å². The first kappa shape index (κ1) is 19.4. The van der Waals surface area contributed by atoms with E-state index in [2.05, 4.69) is 9.47 Å². The van der Waals surface area contributed by atoms with Crippen molar-refractivity contribution in [2.75, 3.05) is 13.7 Å². The summed E-state index contributed by atoms with van der Waals surface area (Å²) in [5, 5.41) is 2.01. The van der Waals surface area contributed by atoms with Crippen LogP contribution in [0.4, 0.5) is 26.7 Å². The monoisotopic (exact) mass is 321 g/mol. The number of esters is 1. The molecule has 0 bridgehead atoms. The first-order valence-corrected chi connectivity index (χ1v) is 5.86. The SMILES string of the molecule is COC(=O)N[C@@H](CC(C)C)C(=O)OCC(F)(F)C(F)(F)F. The number of alkyl halides is 5. The van der Waals surface area contributed by atoms with Gasteiger partial charge in [-0.05, 0) is 12.3 Å². The summed E-state index contributed by atoms with van der Waals surface area (Å²) in [6.45, 7) is 1.17. The minimum Gasteiger partial charge on any atom is -0.457 e. The lowest BCUT2D eigenvalue weighted by Gasteiger charge is -2.22. The molecule has 0 aliphatic carbocycles. The van der Waals surface area contributed by atoms with Gasteiger partial charge in [0.15, 0.2) is 6.61 Å². The van der Waals surface area contributed by atoms with Crippen LogP contribution in [0.3, 0.4) is 0 Å². The van der Waals surface area contributed by atoms with Gasteiger partial charge in [0.1, 0.15) is 6.04 Å². The van der Waals surface area contributed by atoms with Crippen molar-refractivity contribution < 1.29 is 41.0 Å². The Bertz CT molecular complexity index is 370. The van der Waals surface area contributed by atoms with E-state index in [4.69, 9.17) is 0 Å². The predicted molar refractivity (Wildman–Crippen MR) is 60.7 cm³/mol. The van der Waals surface area contributed by atoms with Crippen LogP contribution in [-0.4, -0.2) is 43.9 Å². The average Bonchev–Trinajstić information content (AvgIpc) is 2.33. The van der Waals surface area contributed by atoms with E-state index in [1.807, 2.05) is 5.32 Å². The number of rotatable bonds is 6. The van der Waals surface area contributed by atoms with E-state index in [1.165, 1.54) is 0 Å². The fourth-order valence-electron chi connectivity index (χ4n) is 1.23. The second-order valence-corrected chi connectivity index (χ2v) is 4.63. The number of nitrogens with one attached hydrogen (secondary N) is 1. The Labute approximate surface area is 117 Å². The van der Waals surface area contributed by atoms with E-state index in [0.717, 1.165) is 7.11 Å². The molecule has 0 aromatic rings. The molecule has 0 rings (SSSR count). The molecule has 0 spiro atoms. The highest BCUT2D eigenvalue weighted by Crippen LogP contribution is 2.35. The Morgan fingerprint density at radius 2 is 1.67 bits per heavy atom. The number of amides is 1. The van der Waals surface area contributed by atoms with E-state index < -0.39 is 36.8 Å². The van der Waals surface area contributed by atoms with Gasteiger partial charge in [-0.15, -0.1) is 0 Å². The highest BCUT2D eigenvalue weighted by atomic mass is 19.4. The van der Waals surface area contributed by atoms with Gasteiger partial charge in [-0.2, -0.15) is 22.0 Å². The Kier molecular flexibility index (Phi) is 6.84. The molecule has 0 fully saturated rings. The van der Waals surface area contributed by atoms with Crippen molar-refractivity contribution in [3.63, 3.8) is 0 Å². The maximum absolute atomic E-state index is 12.6. The summed E-state index contributed by atoms with van der Waals surface area (Å²) in [6.07, 6.45) is -6.86. The van der Waals surface area contributed by atoms with Crippen molar-refractivity contribution in [2.24, 2.45) is 5.92 Å². The van der Waals surface area contributed by atoms with Crippen LogP contribution in [0.1, 0.15) is 20.3 Å². The number of hydrogen-bond donors (Lipinski definition) is 1. The lowest BCUT2D eigenvalue weighted by Crippen LogP contribution is -2.46. The van der Waals surface area contributed by atoms with E-state index in [0.29, 0.717) is 0 Å². The van der Waals surface area contributed by atoms with Crippen molar-refractivity contribution in [3.05, 3.63) is 0 Å². The quantitative estimate of drug-likeness (QED) is 0.603. The number of alkyl carbamates (subject to hydrolysis) is 1. The molecule has 0 aliphatic rings. The molecule has 0 heterocycles. The third-order valence-corrected chi connectivity index (χ3v) is 2.28. The summed E-state index contributed by atoms with van der Waals surface area (Å²) >= 11 is 0. The molecule has 0 saturated carbocycles. The van der Waals surface area contributed by atoms with E-state index >= 15 is 0 Å². The minimum absolute atomic E-state index is 0.00841. The van der Waals surface area contributed by atoms with Crippen molar-refractivity contribution in [1.82, 2.24) is 5.32 Å². The van der Waals surface area contributed by atoms with Gasteiger partial charge in [0.25, 0.3) is 0 Å². The molecule has 1 amide bonds. The van der Waals surface area contributed by atoms with Crippen LogP contribution in [0, 0.1) is 5.92 Å². The molecular weight excluding hydrogens is 305 g/mol. The Morgan fingerprint density at radius 3 is 2.05 bits per heavy atom. The standard InChI is InChI=1S/C11H16F5NO4/c1-6(2)4-7(17-9(19)20-3)8(18)21-5-10(12,13)11(14,15)16/h6-7H,4-5H2,1-3H3,(H,17,19)/t7-/m0/s1. The van der Waals surface area contributed by atoms with Crippen molar-refractivity contribution in [3.8, 4) is 0 Å². The summed E-state index contributed by atoms with van der Waals surface area (Å²) in [5.41, 5.74) is 0. The average molecular weight is 321 g/mol. The number of methoxy groups -OCH3 is 1. The first-order chi connectivity index (χ1) is 9.40. The second kappa shape index (κ2) is 7.41. The molecule has 0 radical (unpaired) electrons. The highest BCUT2D eigenvalue weighted by molar-refractivity contribution is 5.81. The Balaban J connectivity index is 4.71. The van der Waals surface area contributed by atoms with E-state index in [1.54, 1.807) is 13.8 Å². The maximum atomic E-state index is 12.6. The molecule has 124 valence electrons. The zero-order chi connectivity index (χ0) is 16.8. The van der Waals surface area contributed by atoms with Gasteiger partial charge in [0, 0.05) is 0 Å². The Hall–Kier alpha value is -1.61. The first-order valence-electron chi connectivity index (χ1n) is 5.86. The van der Waals surface area contributed by atoms with Gasteiger partial charge in [0.05, 0.1) is 7.11 Å². The third-order valence-electron chi connectivity index (χ3n) is 2.28. The summed E-state index contributed by atoms with van der Waals surface area (Å²) in [7, 11) is 1.00. The number of halogens is 5. The van der Waals surface area contributed by atoms with E-state index in [9.17, 15) is 31.5 Å². The fourth-order valence-corrected chi connectivity index (χ4v) is 1.23. The van der Waals surface area contributed by atoms with Crippen molar-refractivity contribution >= 4 is 12.1 Å². The normalized spacial score (nSPS) is 13.8. The van der Waals surface area contributed by atoms with Crippen LogP contribution in [0.2, 0.25) is 0 Å². The number of carbonyl (C=O) groups is 2. The van der Waals surface area contributed by atoms with Gasteiger partial charge < -0.3 is 14.8 Å². The van der Waals surface area contributed by atoms with Crippen LogP contribution < -0.4 is 5.32 Å². The van der Waals surface area contributed by atoms with E-state index in [-0.39, 0.29) is 12.3 Å². The summed E-state index contributed by atoms with van der Waals surface area (Å²) in [6, 6.07) is -1.37. The lowest BCUT2D eigenvalue weighted by molar-refractivity contribution is -0.294. The van der Waals surface area contributed by atoms with Crippen molar-refractivity contribution in [2.45, 2.75) is 38.4 Å². The molecule has 21 heavy (non-hydrogen) atoms. The van der Waals surface area contributed by atoms with Crippen molar-refractivity contribution in [1.29, 1.82) is 0 Å². The fraction of sp³-hybridized carbons (Fsp3) is 0.818. The summed E-state index contributed by atoms with van der Waals surface area (Å²) in [4.78, 5) is 22.5. The smallest absolute Gasteiger partial charge is 0.456 e. The summed E-state index contributed by atoms with van der Waals surface area (Å²) in [5.74, 6) is -6.70. The predicted octanol–water partition coefficient (Wildman–Crippen LogP) is 2.50. The van der Waals surface area contributed by atoms with Crippen LogP contribution in [0.25, 0.3) is 0 Å². The Morgan fingerprint density at radius 1 is 1.14 bits per heavy atom. The molecule has 0 aromatic carbocycles. The zero-order valence-corrected chi connectivity index (χ0v) is 11.6. The van der Waals surface area contributed by atoms with Crippen LogP contribution >= 0.6 is 0 Å². The van der Waals surface area contributed by atoms with Gasteiger partial charge >= 0.3 is 24.2 Å².